The summed E-state index contributed by atoms with van der Waals surface area (Å²) >= 11 is 9.28. The lowest BCUT2D eigenvalue weighted by Gasteiger charge is -2.18. The number of rotatable bonds is 5. The van der Waals surface area contributed by atoms with Crippen LogP contribution in [0.5, 0.6) is 0 Å². The van der Waals surface area contributed by atoms with Gasteiger partial charge >= 0.3 is 5.97 Å². The van der Waals surface area contributed by atoms with Crippen molar-refractivity contribution < 1.29 is 9.53 Å². The first kappa shape index (κ1) is 15.8. The fraction of sp³-hybridized carbons (Fsp3) is 0.200. The molecule has 0 amide bonds. The summed E-state index contributed by atoms with van der Waals surface area (Å²) in [6.07, 6.45) is 1.64. The Morgan fingerprint density at radius 3 is 2.86 bits per heavy atom. The van der Waals surface area contributed by atoms with Crippen LogP contribution in [0.15, 0.2) is 47.1 Å². The van der Waals surface area contributed by atoms with Crippen molar-refractivity contribution in [1.82, 2.24) is 4.98 Å². The Hall–Kier alpha value is -1.59. The Balaban J connectivity index is 2.27. The van der Waals surface area contributed by atoms with Crippen molar-refractivity contribution in [1.29, 1.82) is 0 Å². The van der Waals surface area contributed by atoms with Crippen LogP contribution in [-0.4, -0.2) is 17.6 Å². The third-order valence-corrected chi connectivity index (χ3v) is 3.41. The minimum absolute atomic E-state index is 0.309. The maximum atomic E-state index is 12.1. The predicted molar refractivity (Wildman–Crippen MR) is 86.4 cm³/mol. The van der Waals surface area contributed by atoms with Gasteiger partial charge < -0.3 is 10.1 Å². The molecule has 2 aromatic rings. The zero-order valence-corrected chi connectivity index (χ0v) is 13.7. The number of carbonyl (C=O) groups excluding carboxylic acids is 1. The van der Waals surface area contributed by atoms with E-state index in [9.17, 15) is 4.79 Å². The molecule has 0 saturated heterocycles. The third-order valence-electron chi connectivity index (χ3n) is 2.70. The molecule has 0 bridgehead atoms. The van der Waals surface area contributed by atoms with Gasteiger partial charge in [-0.3, -0.25) is 4.98 Å². The van der Waals surface area contributed by atoms with Gasteiger partial charge in [-0.25, -0.2) is 4.79 Å². The number of nitrogens with one attached hydrogen (secondary N) is 1. The van der Waals surface area contributed by atoms with E-state index in [0.29, 0.717) is 17.3 Å². The highest BCUT2D eigenvalue weighted by Crippen LogP contribution is 2.23. The molecule has 0 fully saturated rings. The van der Waals surface area contributed by atoms with Gasteiger partial charge in [-0.1, -0.05) is 17.7 Å². The Labute approximate surface area is 136 Å². The molecule has 1 N–H and O–H groups in total. The molecule has 6 heteroatoms. The van der Waals surface area contributed by atoms with Crippen LogP contribution >= 0.6 is 27.5 Å². The highest BCUT2D eigenvalue weighted by molar-refractivity contribution is 9.10. The van der Waals surface area contributed by atoms with Gasteiger partial charge in [-0.05, 0) is 53.2 Å². The van der Waals surface area contributed by atoms with E-state index in [0.717, 1.165) is 10.2 Å². The number of nitrogens with zero attached hydrogens (tertiary/aromatic N) is 1. The lowest BCUT2D eigenvalue weighted by atomic mass is 10.1. The van der Waals surface area contributed by atoms with Gasteiger partial charge in [0.15, 0.2) is 6.04 Å². The minimum Gasteiger partial charge on any atom is -0.464 e. The second-order valence-electron chi connectivity index (χ2n) is 4.24. The van der Waals surface area contributed by atoms with Gasteiger partial charge in [0, 0.05) is 21.4 Å². The van der Waals surface area contributed by atoms with Crippen LogP contribution in [0.2, 0.25) is 5.02 Å². The molecule has 0 aliphatic rings. The number of aromatic nitrogens is 1. The summed E-state index contributed by atoms with van der Waals surface area (Å²) in [5, 5.41) is 3.69. The van der Waals surface area contributed by atoms with Gasteiger partial charge in [0.2, 0.25) is 0 Å². The average Bonchev–Trinajstić information content (AvgIpc) is 2.46. The number of pyridine rings is 1. The standard InChI is InChI=1S/C15H14BrClN2O2/c1-2-21-15(20)14(13-7-6-10(16)9-18-13)19-12-5-3-4-11(17)8-12/h3-9,14,19H,2H2,1H3. The molecular formula is C15H14BrClN2O2. The van der Waals surface area contributed by atoms with E-state index in [4.69, 9.17) is 16.3 Å². The van der Waals surface area contributed by atoms with Gasteiger partial charge in [-0.2, -0.15) is 0 Å². The number of benzene rings is 1. The molecule has 0 saturated carbocycles. The maximum absolute atomic E-state index is 12.1. The van der Waals surface area contributed by atoms with Crippen molar-refractivity contribution >= 4 is 39.2 Å². The molecule has 1 aromatic carbocycles. The van der Waals surface area contributed by atoms with Crippen LogP contribution in [0.4, 0.5) is 5.69 Å². The van der Waals surface area contributed by atoms with Crippen LogP contribution in [-0.2, 0) is 9.53 Å². The molecular weight excluding hydrogens is 356 g/mol. The second-order valence-corrected chi connectivity index (χ2v) is 5.59. The van der Waals surface area contributed by atoms with E-state index in [1.54, 1.807) is 31.3 Å². The zero-order chi connectivity index (χ0) is 15.2. The van der Waals surface area contributed by atoms with Crippen molar-refractivity contribution in [2.24, 2.45) is 0 Å². The number of ether oxygens (including phenoxy) is 1. The smallest absolute Gasteiger partial charge is 0.334 e. The molecule has 0 aliphatic carbocycles. The van der Waals surface area contributed by atoms with E-state index < -0.39 is 6.04 Å². The van der Waals surface area contributed by atoms with Crippen molar-refractivity contribution in [3.8, 4) is 0 Å². The van der Waals surface area contributed by atoms with E-state index >= 15 is 0 Å². The van der Waals surface area contributed by atoms with Crippen LogP contribution in [0.1, 0.15) is 18.7 Å². The summed E-state index contributed by atoms with van der Waals surface area (Å²) in [6.45, 7) is 2.08. The van der Waals surface area contributed by atoms with Crippen LogP contribution < -0.4 is 5.32 Å². The lowest BCUT2D eigenvalue weighted by Crippen LogP contribution is -2.24. The maximum Gasteiger partial charge on any atom is 0.334 e. The summed E-state index contributed by atoms with van der Waals surface area (Å²) in [7, 11) is 0. The summed E-state index contributed by atoms with van der Waals surface area (Å²) in [6, 6.07) is 10.1. The molecule has 21 heavy (non-hydrogen) atoms. The minimum atomic E-state index is -0.684. The van der Waals surface area contributed by atoms with Gasteiger partial charge in [0.25, 0.3) is 0 Å². The number of carbonyl (C=O) groups is 1. The monoisotopic (exact) mass is 368 g/mol. The molecule has 0 spiro atoms. The van der Waals surface area contributed by atoms with E-state index in [1.165, 1.54) is 0 Å². The highest BCUT2D eigenvalue weighted by Gasteiger charge is 2.23. The molecule has 1 heterocycles. The van der Waals surface area contributed by atoms with Gasteiger partial charge in [-0.15, -0.1) is 0 Å². The summed E-state index contributed by atoms with van der Waals surface area (Å²) in [5.74, 6) is -0.382. The molecule has 4 nitrogen and oxygen atoms in total. The van der Waals surface area contributed by atoms with Crippen molar-refractivity contribution in [2.75, 3.05) is 11.9 Å². The molecule has 0 radical (unpaired) electrons. The number of hydrogen-bond acceptors (Lipinski definition) is 4. The molecule has 0 aliphatic heterocycles. The Morgan fingerprint density at radius 1 is 1.43 bits per heavy atom. The molecule has 1 unspecified atom stereocenters. The molecule has 1 aromatic heterocycles. The molecule has 2 rings (SSSR count). The van der Waals surface area contributed by atoms with E-state index in [2.05, 4.69) is 26.2 Å². The number of halogens is 2. The topological polar surface area (TPSA) is 51.2 Å². The van der Waals surface area contributed by atoms with Crippen LogP contribution in [0.3, 0.4) is 0 Å². The van der Waals surface area contributed by atoms with Crippen LogP contribution in [0.25, 0.3) is 0 Å². The highest BCUT2D eigenvalue weighted by atomic mass is 79.9. The first-order valence-electron chi connectivity index (χ1n) is 6.40. The lowest BCUT2D eigenvalue weighted by molar-refractivity contribution is -0.144. The Kier molecular flexibility index (Phi) is 5.59. The average molecular weight is 370 g/mol. The van der Waals surface area contributed by atoms with Crippen molar-refractivity contribution in [2.45, 2.75) is 13.0 Å². The first-order chi connectivity index (χ1) is 10.1. The SMILES string of the molecule is CCOC(=O)C(Nc1cccc(Cl)c1)c1ccc(Br)cn1. The molecule has 1 atom stereocenters. The quantitative estimate of drug-likeness (QED) is 0.802. The largest absolute Gasteiger partial charge is 0.464 e. The third kappa shape index (κ3) is 4.44. The predicted octanol–water partition coefficient (Wildman–Crippen LogP) is 4.21. The van der Waals surface area contributed by atoms with Gasteiger partial charge in [0.05, 0.1) is 12.3 Å². The normalized spacial score (nSPS) is 11.8. The second kappa shape index (κ2) is 7.43. The van der Waals surface area contributed by atoms with Crippen molar-refractivity contribution in [3.05, 3.63) is 57.8 Å². The number of esters is 1. The zero-order valence-electron chi connectivity index (χ0n) is 11.3. The Morgan fingerprint density at radius 2 is 2.24 bits per heavy atom. The van der Waals surface area contributed by atoms with E-state index in [-0.39, 0.29) is 5.97 Å². The Bertz CT molecular complexity index is 619. The fourth-order valence-electron chi connectivity index (χ4n) is 1.78. The molecule has 110 valence electrons. The fourth-order valence-corrected chi connectivity index (χ4v) is 2.21. The summed E-state index contributed by atoms with van der Waals surface area (Å²) in [5.41, 5.74) is 1.31. The van der Waals surface area contributed by atoms with E-state index in [1.807, 2.05) is 18.2 Å². The number of hydrogen-bond donors (Lipinski definition) is 1. The van der Waals surface area contributed by atoms with Gasteiger partial charge in [0.1, 0.15) is 0 Å². The van der Waals surface area contributed by atoms with Crippen LogP contribution in [0, 0.1) is 0 Å². The first-order valence-corrected chi connectivity index (χ1v) is 7.57. The number of anilines is 1. The summed E-state index contributed by atoms with van der Waals surface area (Å²) < 4.78 is 5.95. The van der Waals surface area contributed by atoms with Crippen molar-refractivity contribution in [3.63, 3.8) is 0 Å². The summed E-state index contributed by atoms with van der Waals surface area (Å²) in [4.78, 5) is 16.4.